The van der Waals surface area contributed by atoms with Gasteiger partial charge in [0.05, 0.1) is 22.7 Å². The van der Waals surface area contributed by atoms with Gasteiger partial charge in [-0.05, 0) is 54.6 Å². The van der Waals surface area contributed by atoms with Gasteiger partial charge in [0.15, 0.2) is 0 Å². The zero-order valence-corrected chi connectivity index (χ0v) is 14.8. The molecule has 5 rings (SSSR count). The highest BCUT2D eigenvalue weighted by Crippen LogP contribution is 2.54. The van der Waals surface area contributed by atoms with Crippen molar-refractivity contribution in [2.45, 2.75) is 0 Å². The molecule has 3 nitrogen and oxygen atoms in total. The van der Waals surface area contributed by atoms with Crippen LogP contribution in [0.25, 0.3) is 0 Å². The minimum Gasteiger partial charge on any atom is -0.399 e. The molecule has 4 aromatic rings. The predicted octanol–water partition coefficient (Wildman–Crippen LogP) is 6.52. The lowest BCUT2D eigenvalue weighted by molar-refractivity contribution is 1.17. The molecular formula is C24H19N3. The van der Waals surface area contributed by atoms with Crippen molar-refractivity contribution in [2.75, 3.05) is 15.5 Å². The summed E-state index contributed by atoms with van der Waals surface area (Å²) in [6.45, 7) is 0. The van der Waals surface area contributed by atoms with Crippen LogP contribution in [0.5, 0.6) is 0 Å². The van der Waals surface area contributed by atoms with Crippen LogP contribution in [0.15, 0.2) is 103 Å². The van der Waals surface area contributed by atoms with Gasteiger partial charge in [0.1, 0.15) is 0 Å². The van der Waals surface area contributed by atoms with E-state index < -0.39 is 0 Å². The summed E-state index contributed by atoms with van der Waals surface area (Å²) in [5.41, 5.74) is 13.6. The number of benzene rings is 4. The third-order valence-corrected chi connectivity index (χ3v) is 4.87. The summed E-state index contributed by atoms with van der Waals surface area (Å²) < 4.78 is 0. The molecule has 0 aliphatic carbocycles. The lowest BCUT2D eigenvalue weighted by Gasteiger charge is -2.40. The molecule has 0 saturated carbocycles. The summed E-state index contributed by atoms with van der Waals surface area (Å²) in [4.78, 5) is 4.57. The molecule has 27 heavy (non-hydrogen) atoms. The summed E-state index contributed by atoms with van der Waals surface area (Å²) in [7, 11) is 0. The van der Waals surface area contributed by atoms with Gasteiger partial charge in [-0.1, -0.05) is 48.5 Å². The van der Waals surface area contributed by atoms with Crippen LogP contribution < -0.4 is 15.5 Å². The Kier molecular flexibility index (Phi) is 3.58. The fourth-order valence-corrected chi connectivity index (χ4v) is 3.72. The molecule has 0 bridgehead atoms. The molecule has 3 heteroatoms. The fraction of sp³-hybridized carbons (Fsp3) is 0. The van der Waals surface area contributed by atoms with E-state index in [4.69, 9.17) is 5.73 Å². The van der Waals surface area contributed by atoms with Crippen LogP contribution in [0, 0.1) is 0 Å². The number of fused-ring (bicyclic) bond motifs is 2. The summed E-state index contributed by atoms with van der Waals surface area (Å²) in [6.07, 6.45) is 0. The molecule has 0 aromatic heterocycles. The average Bonchev–Trinajstić information content (AvgIpc) is 2.73. The summed E-state index contributed by atoms with van der Waals surface area (Å²) in [6, 6.07) is 35.5. The largest absolute Gasteiger partial charge is 0.399 e. The van der Waals surface area contributed by atoms with Gasteiger partial charge in [0.25, 0.3) is 0 Å². The monoisotopic (exact) mass is 349 g/mol. The maximum Gasteiger partial charge on any atom is 0.0723 e. The molecule has 0 amide bonds. The Morgan fingerprint density at radius 3 is 1.44 bits per heavy atom. The smallest absolute Gasteiger partial charge is 0.0723 e. The van der Waals surface area contributed by atoms with Gasteiger partial charge in [0, 0.05) is 17.1 Å². The van der Waals surface area contributed by atoms with Crippen LogP contribution in [0.1, 0.15) is 0 Å². The Hall–Kier alpha value is -3.72. The summed E-state index contributed by atoms with van der Waals surface area (Å²) in [5, 5.41) is 0. The Labute approximate surface area is 158 Å². The van der Waals surface area contributed by atoms with Crippen LogP contribution >= 0.6 is 0 Å². The summed E-state index contributed by atoms with van der Waals surface area (Å²) in [5.74, 6) is 0. The summed E-state index contributed by atoms with van der Waals surface area (Å²) >= 11 is 0. The number of anilines is 7. The molecule has 2 N–H and O–H groups in total. The second kappa shape index (κ2) is 6.22. The van der Waals surface area contributed by atoms with Crippen LogP contribution in [-0.4, -0.2) is 0 Å². The van der Waals surface area contributed by atoms with Crippen LogP contribution in [0.3, 0.4) is 0 Å². The van der Waals surface area contributed by atoms with E-state index in [0.717, 1.165) is 39.8 Å². The van der Waals surface area contributed by atoms with Crippen molar-refractivity contribution >= 4 is 39.8 Å². The molecule has 0 radical (unpaired) electrons. The molecule has 0 spiro atoms. The second-order valence-corrected chi connectivity index (χ2v) is 6.58. The Bertz CT molecular complexity index is 1090. The van der Waals surface area contributed by atoms with Gasteiger partial charge in [-0.2, -0.15) is 0 Å². The van der Waals surface area contributed by atoms with Gasteiger partial charge in [-0.25, -0.2) is 0 Å². The second-order valence-electron chi connectivity index (χ2n) is 6.58. The van der Waals surface area contributed by atoms with E-state index in [1.54, 1.807) is 0 Å². The van der Waals surface area contributed by atoms with Crippen molar-refractivity contribution in [3.8, 4) is 0 Å². The van der Waals surface area contributed by atoms with E-state index in [9.17, 15) is 0 Å². The third-order valence-electron chi connectivity index (χ3n) is 4.87. The van der Waals surface area contributed by atoms with E-state index >= 15 is 0 Å². The number of hydrogen-bond donors (Lipinski definition) is 1. The van der Waals surface area contributed by atoms with Gasteiger partial charge >= 0.3 is 0 Å². The van der Waals surface area contributed by atoms with Crippen molar-refractivity contribution in [2.24, 2.45) is 0 Å². The van der Waals surface area contributed by atoms with Gasteiger partial charge in [-0.3, -0.25) is 0 Å². The number of hydrogen-bond acceptors (Lipinski definition) is 3. The lowest BCUT2D eigenvalue weighted by Crippen LogP contribution is -2.24. The maximum absolute atomic E-state index is 6.18. The Morgan fingerprint density at radius 1 is 0.444 bits per heavy atom. The van der Waals surface area contributed by atoms with E-state index in [1.807, 2.05) is 24.3 Å². The average molecular weight is 349 g/mol. The predicted molar refractivity (Wildman–Crippen MR) is 114 cm³/mol. The van der Waals surface area contributed by atoms with Crippen molar-refractivity contribution in [3.63, 3.8) is 0 Å². The minimum absolute atomic E-state index is 0.752. The highest BCUT2D eigenvalue weighted by Gasteiger charge is 2.30. The first-order chi connectivity index (χ1) is 13.3. The van der Waals surface area contributed by atoms with E-state index in [2.05, 4.69) is 88.7 Å². The topological polar surface area (TPSA) is 32.5 Å². The highest BCUT2D eigenvalue weighted by atomic mass is 15.3. The minimum atomic E-state index is 0.752. The first kappa shape index (κ1) is 15.5. The molecule has 130 valence electrons. The SMILES string of the molecule is Nc1ccc2c(c1)N(c1ccccc1)c1ccccc1N2c1ccccc1. The van der Waals surface area contributed by atoms with Crippen molar-refractivity contribution in [1.82, 2.24) is 0 Å². The molecule has 4 aromatic carbocycles. The molecule has 0 atom stereocenters. The van der Waals surface area contributed by atoms with Crippen molar-refractivity contribution in [1.29, 1.82) is 0 Å². The number of rotatable bonds is 2. The zero-order chi connectivity index (χ0) is 18.2. The van der Waals surface area contributed by atoms with Crippen LogP contribution in [0.4, 0.5) is 39.8 Å². The van der Waals surface area contributed by atoms with E-state index in [-0.39, 0.29) is 0 Å². The number of nitrogens with two attached hydrogens (primary N) is 1. The molecule has 1 heterocycles. The van der Waals surface area contributed by atoms with Crippen LogP contribution in [-0.2, 0) is 0 Å². The third kappa shape index (κ3) is 2.52. The number of nitrogens with zero attached hydrogens (tertiary/aromatic N) is 2. The van der Waals surface area contributed by atoms with E-state index in [0.29, 0.717) is 0 Å². The van der Waals surface area contributed by atoms with Gasteiger partial charge in [0.2, 0.25) is 0 Å². The van der Waals surface area contributed by atoms with Crippen molar-refractivity contribution < 1.29 is 0 Å². The van der Waals surface area contributed by atoms with E-state index in [1.165, 1.54) is 0 Å². The number of para-hydroxylation sites is 4. The first-order valence-corrected chi connectivity index (χ1v) is 9.02. The first-order valence-electron chi connectivity index (χ1n) is 9.02. The molecule has 0 fully saturated rings. The molecule has 0 unspecified atom stereocenters. The molecule has 1 aliphatic rings. The quantitative estimate of drug-likeness (QED) is 0.368. The standard InChI is InChI=1S/C24H19N3/c25-18-15-16-23-24(17-18)27(20-11-5-2-6-12-20)22-14-8-7-13-21(22)26(23)19-9-3-1-4-10-19/h1-17H,25H2. The maximum atomic E-state index is 6.18. The molecular weight excluding hydrogens is 330 g/mol. The lowest BCUT2D eigenvalue weighted by atomic mass is 10.0. The van der Waals surface area contributed by atoms with Gasteiger partial charge < -0.3 is 15.5 Å². The Morgan fingerprint density at radius 2 is 0.889 bits per heavy atom. The highest BCUT2D eigenvalue weighted by molar-refractivity contribution is 6.02. The Balaban J connectivity index is 1.82. The number of nitrogen functional groups attached to an aromatic ring is 1. The zero-order valence-electron chi connectivity index (χ0n) is 14.8. The van der Waals surface area contributed by atoms with Gasteiger partial charge in [-0.15, -0.1) is 0 Å². The molecule has 1 aliphatic heterocycles. The fourth-order valence-electron chi connectivity index (χ4n) is 3.72. The van der Waals surface area contributed by atoms with Crippen molar-refractivity contribution in [3.05, 3.63) is 103 Å². The normalized spacial score (nSPS) is 12.4. The molecule has 0 saturated heterocycles. The van der Waals surface area contributed by atoms with Crippen LogP contribution in [0.2, 0.25) is 0 Å².